The summed E-state index contributed by atoms with van der Waals surface area (Å²) in [5.41, 5.74) is 5.34. The van der Waals surface area contributed by atoms with Crippen LogP contribution in [0.1, 0.15) is 44.9 Å². The molecular formula is C13H23ClN2O. The van der Waals surface area contributed by atoms with E-state index in [1.807, 2.05) is 0 Å². The summed E-state index contributed by atoms with van der Waals surface area (Å²) in [6, 6.07) is 0. The number of nitrogens with one attached hydrogen (secondary N) is 1. The minimum atomic E-state index is -0.491. The Morgan fingerprint density at radius 2 is 2.06 bits per heavy atom. The van der Waals surface area contributed by atoms with E-state index in [4.69, 9.17) is 5.73 Å². The van der Waals surface area contributed by atoms with Crippen LogP contribution < -0.4 is 11.1 Å². The molecule has 0 radical (unpaired) electrons. The normalized spacial score (nSPS) is 36.4. The van der Waals surface area contributed by atoms with Crippen LogP contribution >= 0.6 is 12.4 Å². The molecule has 3 atom stereocenters. The molecule has 3 nitrogen and oxygen atoms in total. The van der Waals surface area contributed by atoms with Gasteiger partial charge < -0.3 is 11.1 Å². The Morgan fingerprint density at radius 3 is 2.59 bits per heavy atom. The summed E-state index contributed by atoms with van der Waals surface area (Å²) in [5.74, 6) is 2.94. The Kier molecular flexibility index (Phi) is 3.69. The van der Waals surface area contributed by atoms with E-state index in [0.29, 0.717) is 0 Å². The Morgan fingerprint density at radius 1 is 1.29 bits per heavy atom. The van der Waals surface area contributed by atoms with Gasteiger partial charge in [0.25, 0.3) is 0 Å². The van der Waals surface area contributed by atoms with Gasteiger partial charge in [-0.25, -0.2) is 0 Å². The summed E-state index contributed by atoms with van der Waals surface area (Å²) in [7, 11) is 0. The molecule has 0 aromatic carbocycles. The van der Waals surface area contributed by atoms with Crippen LogP contribution in [0.15, 0.2) is 0 Å². The zero-order valence-electron chi connectivity index (χ0n) is 10.3. The predicted octanol–water partition coefficient (Wildman–Crippen LogP) is 1.84. The quantitative estimate of drug-likeness (QED) is 0.809. The van der Waals surface area contributed by atoms with E-state index in [9.17, 15) is 4.79 Å². The average molecular weight is 259 g/mol. The van der Waals surface area contributed by atoms with E-state index >= 15 is 0 Å². The number of rotatable bonds is 4. The van der Waals surface area contributed by atoms with Crippen molar-refractivity contribution in [1.82, 2.24) is 5.32 Å². The number of amides is 1. The lowest BCUT2D eigenvalue weighted by molar-refractivity contribution is -0.123. The van der Waals surface area contributed by atoms with Gasteiger partial charge in [-0.3, -0.25) is 4.79 Å². The van der Waals surface area contributed by atoms with Gasteiger partial charge in [-0.15, -0.1) is 12.4 Å². The van der Waals surface area contributed by atoms with Crippen molar-refractivity contribution >= 4 is 18.3 Å². The maximum atomic E-state index is 11.6. The van der Waals surface area contributed by atoms with Crippen LogP contribution in [-0.2, 0) is 4.79 Å². The molecule has 3 rings (SSSR count). The summed E-state index contributed by atoms with van der Waals surface area (Å²) >= 11 is 0. The topological polar surface area (TPSA) is 55.1 Å². The smallest absolute Gasteiger partial charge is 0.240 e. The minimum absolute atomic E-state index is 0. The first kappa shape index (κ1) is 13.2. The van der Waals surface area contributed by atoms with Crippen LogP contribution in [0.3, 0.4) is 0 Å². The molecule has 3 aliphatic rings. The molecule has 3 aliphatic carbocycles. The highest BCUT2D eigenvalue weighted by molar-refractivity contribution is 5.88. The van der Waals surface area contributed by atoms with E-state index < -0.39 is 5.54 Å². The first-order valence-corrected chi connectivity index (χ1v) is 6.74. The van der Waals surface area contributed by atoms with Crippen LogP contribution in [0.5, 0.6) is 0 Å². The maximum absolute atomic E-state index is 11.6. The SMILES string of the molecule is Cl.NC1(C(=O)NCCC2CC3CCC2C3)CC1. The first-order valence-electron chi connectivity index (χ1n) is 6.74. The predicted molar refractivity (Wildman–Crippen MR) is 70.0 cm³/mol. The van der Waals surface area contributed by atoms with Gasteiger partial charge in [-0.2, -0.15) is 0 Å². The monoisotopic (exact) mass is 258 g/mol. The maximum Gasteiger partial charge on any atom is 0.240 e. The number of halogens is 1. The second-order valence-corrected chi connectivity index (χ2v) is 6.14. The van der Waals surface area contributed by atoms with Crippen LogP contribution in [-0.4, -0.2) is 18.0 Å². The summed E-state index contributed by atoms with van der Waals surface area (Å²) in [4.78, 5) is 11.6. The van der Waals surface area contributed by atoms with Crippen molar-refractivity contribution in [2.24, 2.45) is 23.5 Å². The molecule has 3 fully saturated rings. The largest absolute Gasteiger partial charge is 0.354 e. The highest BCUT2D eigenvalue weighted by Crippen LogP contribution is 2.49. The van der Waals surface area contributed by atoms with E-state index in [-0.39, 0.29) is 18.3 Å². The molecule has 0 aliphatic heterocycles. The summed E-state index contributed by atoms with van der Waals surface area (Å²) in [6.45, 7) is 0.839. The van der Waals surface area contributed by atoms with Crippen molar-refractivity contribution in [3.8, 4) is 0 Å². The third-order valence-electron chi connectivity index (χ3n) is 4.93. The summed E-state index contributed by atoms with van der Waals surface area (Å²) < 4.78 is 0. The van der Waals surface area contributed by atoms with Gasteiger partial charge in [-0.05, 0) is 56.3 Å². The molecule has 0 aromatic rings. The molecule has 1 amide bonds. The molecule has 3 N–H and O–H groups in total. The van der Waals surface area contributed by atoms with Crippen molar-refractivity contribution in [3.63, 3.8) is 0 Å². The lowest BCUT2D eigenvalue weighted by Crippen LogP contribution is -2.43. The summed E-state index contributed by atoms with van der Waals surface area (Å²) in [6.07, 6.45) is 8.67. The van der Waals surface area contributed by atoms with E-state index in [1.165, 1.54) is 32.1 Å². The molecule has 17 heavy (non-hydrogen) atoms. The second kappa shape index (κ2) is 4.77. The molecule has 98 valence electrons. The Hall–Kier alpha value is -0.280. The lowest BCUT2D eigenvalue weighted by atomic mass is 9.86. The fraction of sp³-hybridized carbons (Fsp3) is 0.923. The Labute approximate surface area is 109 Å². The van der Waals surface area contributed by atoms with Crippen LogP contribution in [0.25, 0.3) is 0 Å². The van der Waals surface area contributed by atoms with Gasteiger partial charge in [0.1, 0.15) is 0 Å². The minimum Gasteiger partial charge on any atom is -0.354 e. The molecule has 2 bridgehead atoms. The molecule has 3 unspecified atom stereocenters. The second-order valence-electron chi connectivity index (χ2n) is 6.14. The number of hydrogen-bond acceptors (Lipinski definition) is 2. The van der Waals surface area contributed by atoms with Gasteiger partial charge in [0.2, 0.25) is 5.91 Å². The standard InChI is InChI=1S/C13H22N2O.ClH/c14-13(4-5-13)12(16)15-6-3-11-8-9-1-2-10(11)7-9;/h9-11H,1-8,14H2,(H,15,16);1H. The Bertz CT molecular complexity index is 304. The molecule has 0 heterocycles. The molecule has 0 spiro atoms. The third kappa shape index (κ3) is 2.60. The zero-order valence-corrected chi connectivity index (χ0v) is 11.1. The fourth-order valence-corrected chi connectivity index (χ4v) is 3.64. The van der Waals surface area contributed by atoms with Gasteiger partial charge >= 0.3 is 0 Å². The van der Waals surface area contributed by atoms with Gasteiger partial charge in [0, 0.05) is 6.54 Å². The Balaban J connectivity index is 0.00000108. The number of fused-ring (bicyclic) bond motifs is 2. The van der Waals surface area contributed by atoms with Crippen LogP contribution in [0.4, 0.5) is 0 Å². The zero-order chi connectivity index (χ0) is 11.2. The highest BCUT2D eigenvalue weighted by atomic mass is 35.5. The lowest BCUT2D eigenvalue weighted by Gasteiger charge is -2.21. The van der Waals surface area contributed by atoms with E-state index in [1.54, 1.807) is 0 Å². The van der Waals surface area contributed by atoms with Gasteiger partial charge in [-0.1, -0.05) is 6.42 Å². The first-order chi connectivity index (χ1) is 7.67. The molecule has 4 heteroatoms. The van der Waals surface area contributed by atoms with E-state index in [2.05, 4.69) is 5.32 Å². The van der Waals surface area contributed by atoms with Crippen LogP contribution in [0, 0.1) is 17.8 Å². The molecule has 0 aromatic heterocycles. The summed E-state index contributed by atoms with van der Waals surface area (Å²) in [5, 5.41) is 3.01. The molecular weight excluding hydrogens is 236 g/mol. The van der Waals surface area contributed by atoms with Gasteiger partial charge in [0.05, 0.1) is 5.54 Å². The van der Waals surface area contributed by atoms with Crippen molar-refractivity contribution in [2.75, 3.05) is 6.54 Å². The van der Waals surface area contributed by atoms with Crippen LogP contribution in [0.2, 0.25) is 0 Å². The molecule has 0 saturated heterocycles. The molecule has 3 saturated carbocycles. The average Bonchev–Trinajstić information content (AvgIpc) is 2.76. The fourth-order valence-electron chi connectivity index (χ4n) is 3.64. The van der Waals surface area contributed by atoms with Crippen molar-refractivity contribution in [3.05, 3.63) is 0 Å². The number of carbonyl (C=O) groups excluding carboxylic acids is 1. The van der Waals surface area contributed by atoms with E-state index in [0.717, 1.165) is 37.1 Å². The third-order valence-corrected chi connectivity index (χ3v) is 4.93. The number of nitrogens with two attached hydrogens (primary N) is 1. The van der Waals surface area contributed by atoms with Crippen molar-refractivity contribution in [2.45, 2.75) is 50.5 Å². The van der Waals surface area contributed by atoms with Gasteiger partial charge in [0.15, 0.2) is 0 Å². The number of hydrogen-bond donors (Lipinski definition) is 2. The number of carbonyl (C=O) groups is 1. The van der Waals surface area contributed by atoms with Crippen molar-refractivity contribution in [1.29, 1.82) is 0 Å². The highest BCUT2D eigenvalue weighted by Gasteiger charge is 2.46. The van der Waals surface area contributed by atoms with Crippen molar-refractivity contribution < 1.29 is 4.79 Å².